The van der Waals surface area contributed by atoms with Crippen molar-refractivity contribution in [2.75, 3.05) is 33.5 Å². The summed E-state index contributed by atoms with van der Waals surface area (Å²) < 4.78 is 32.1. The highest BCUT2D eigenvalue weighted by molar-refractivity contribution is 5.91. The van der Waals surface area contributed by atoms with Gasteiger partial charge in [0.15, 0.2) is 24.4 Å². The minimum atomic E-state index is -3.47. The molecule has 0 aliphatic carbocycles. The second-order valence-corrected chi connectivity index (χ2v) is 18.8. The molecule has 4 heterocycles. The van der Waals surface area contributed by atoms with Crippen molar-refractivity contribution in [2.24, 2.45) is 0 Å². The Morgan fingerprint density at radius 3 is 1.41 bits per heavy atom. The summed E-state index contributed by atoms with van der Waals surface area (Å²) in [5.74, 6) is -7.10. The van der Waals surface area contributed by atoms with Crippen LogP contribution in [0.25, 0.3) is 0 Å². The summed E-state index contributed by atoms with van der Waals surface area (Å²) in [4.78, 5) is 82.4. The lowest BCUT2D eigenvalue weighted by atomic mass is 9.86. The number of esters is 1. The van der Waals surface area contributed by atoms with Crippen LogP contribution in [-0.4, -0.2) is 269 Å². The third-order valence-corrected chi connectivity index (χ3v) is 12.5. The average molecular weight is 1050 g/mol. The predicted octanol–water partition coefficient (Wildman–Crippen LogP) is -10.5. The number of carbonyl (C=O) groups is 6. The van der Waals surface area contributed by atoms with E-state index in [1.165, 1.54) is 20.8 Å². The fourth-order valence-electron chi connectivity index (χ4n) is 8.67. The summed E-state index contributed by atoms with van der Waals surface area (Å²) in [5, 5.41) is 151. The summed E-state index contributed by atoms with van der Waals surface area (Å²) in [6, 6.07) is 0.286. The molecule has 4 saturated heterocycles. The summed E-state index contributed by atoms with van der Waals surface area (Å²) in [6.45, 7) is 0.137. The topological polar surface area (TPSA) is 481 Å². The lowest BCUT2D eigenvalue weighted by Gasteiger charge is -2.49. The van der Waals surface area contributed by atoms with E-state index in [4.69, 9.17) is 28.4 Å². The summed E-state index contributed by atoms with van der Waals surface area (Å²) >= 11 is 0. The van der Waals surface area contributed by atoms with E-state index in [0.717, 1.165) is 7.11 Å². The highest BCUT2D eigenvalue weighted by Gasteiger charge is 2.61. The zero-order chi connectivity index (χ0) is 54.4. The average Bonchev–Trinajstić information content (AvgIpc) is 3.34. The van der Waals surface area contributed by atoms with Gasteiger partial charge in [-0.1, -0.05) is 30.3 Å². The van der Waals surface area contributed by atoms with Crippen LogP contribution in [0.5, 0.6) is 0 Å². The first-order chi connectivity index (χ1) is 34.3. The Balaban J connectivity index is 1.46. The second kappa shape index (κ2) is 24.7. The molecule has 4 aliphatic heterocycles. The normalized spacial score (nSPS) is 38.2. The first-order valence-electron chi connectivity index (χ1n) is 22.8. The van der Waals surface area contributed by atoms with Gasteiger partial charge in [0.05, 0.1) is 51.7 Å². The van der Waals surface area contributed by atoms with Crippen LogP contribution in [0, 0.1) is 0 Å². The molecule has 1 aromatic rings. The van der Waals surface area contributed by atoms with Crippen LogP contribution >= 0.6 is 0 Å². The first-order valence-corrected chi connectivity index (χ1v) is 22.8. The van der Waals surface area contributed by atoms with Crippen molar-refractivity contribution in [3.8, 4) is 0 Å². The van der Waals surface area contributed by atoms with Gasteiger partial charge in [-0.15, -0.1) is 0 Å². The Labute approximate surface area is 415 Å². The van der Waals surface area contributed by atoms with E-state index in [-0.39, 0.29) is 6.42 Å². The number of methoxy groups -OCH3 is 1. The number of hydrogen-bond donors (Lipinski definition) is 18. The number of hydrogen-bond acceptors (Lipinski definition) is 25. The highest BCUT2D eigenvalue weighted by Crippen LogP contribution is 2.32. The SMILES string of the molecule is COC(=O)C(Cc1ccccc1)NC(=O)[C@@H]1O[C@H](CO)[C@@H](O)[C@H](O)[C@]1(O)NC(=O)[C@@H]1O[C@H](CO)[C@@H](O)[C@H](O)[C@H]1NC(=O)[C@@H]1O[C@H](CO)[C@@H](O)[C@H](O)[C@H]1NC(=O)[C@@H]1O[C@H](CO)[C@@H](O)[C@H](O)[C@H]1NC(=O)OC(C)(C)C. The van der Waals surface area contributed by atoms with Crippen LogP contribution in [0.3, 0.4) is 0 Å². The maximum atomic E-state index is 14.4. The summed E-state index contributed by atoms with van der Waals surface area (Å²) in [6.07, 6.45) is -35.7. The molecule has 21 atom stereocenters. The molecular weight excluding hydrogens is 986 g/mol. The molecule has 1 aromatic carbocycles. The molecular formula is C43H65N5O25. The largest absolute Gasteiger partial charge is 0.467 e. The van der Waals surface area contributed by atoms with Crippen LogP contribution in [0.2, 0.25) is 0 Å². The van der Waals surface area contributed by atoms with E-state index in [2.05, 4.69) is 21.3 Å². The molecule has 1 unspecified atom stereocenters. The summed E-state index contributed by atoms with van der Waals surface area (Å²) in [7, 11) is 1.00. The van der Waals surface area contributed by atoms with Crippen LogP contribution < -0.4 is 26.6 Å². The standard InChI is InChI=1S/C43H65N5O25/c1-42(2,3)73-41(66)47-23-30(59)26(55)18(12-50)70-32(23)37(62)45-21-28(57)24(53)17(11-49)69-31(21)36(61)46-22-29(58)25(54)19(13-51)71-33(22)38(63)48-43(67)34(60)27(56)20(14-52)72-35(43)39(64)44-16(40(65)68-4)10-15-8-6-5-7-9-15/h5-9,16-35,49-60,67H,10-14H2,1-4H3,(H,44,64)(H,45,62)(H,46,61)(H,47,66)(H,48,63)/t16?,17-,18-,19-,20-,21-,22-,23-,24-,25-,26-,27-,28-,29-,30-,31-,32-,33-,34+,35+,43-/m1/s1. The number of alkyl carbamates (subject to hydrolysis) is 1. The third-order valence-electron chi connectivity index (χ3n) is 12.5. The van der Waals surface area contributed by atoms with E-state index in [1.807, 2.05) is 5.32 Å². The van der Waals surface area contributed by atoms with Gasteiger partial charge in [-0.25, -0.2) is 9.59 Å². The molecule has 0 aromatic heterocycles. The smallest absolute Gasteiger partial charge is 0.408 e. The molecule has 4 fully saturated rings. The second-order valence-electron chi connectivity index (χ2n) is 18.8. The van der Waals surface area contributed by atoms with Gasteiger partial charge >= 0.3 is 12.1 Å². The minimum absolute atomic E-state index is 0.215. The molecule has 412 valence electrons. The van der Waals surface area contributed by atoms with E-state index in [0.29, 0.717) is 5.56 Å². The fourth-order valence-corrected chi connectivity index (χ4v) is 8.67. The molecule has 30 heteroatoms. The van der Waals surface area contributed by atoms with Gasteiger partial charge < -0.3 is 121 Å². The van der Waals surface area contributed by atoms with E-state index >= 15 is 0 Å². The van der Waals surface area contributed by atoms with Crippen LogP contribution in [-0.2, 0) is 58.8 Å². The van der Waals surface area contributed by atoms with Gasteiger partial charge in [0.2, 0.25) is 5.72 Å². The van der Waals surface area contributed by atoms with E-state index in [1.54, 1.807) is 30.3 Å². The maximum absolute atomic E-state index is 14.4. The van der Waals surface area contributed by atoms with Crippen molar-refractivity contribution in [1.82, 2.24) is 26.6 Å². The monoisotopic (exact) mass is 1050 g/mol. The van der Waals surface area contributed by atoms with Gasteiger partial charge in [-0.3, -0.25) is 19.2 Å². The maximum Gasteiger partial charge on any atom is 0.408 e. The third kappa shape index (κ3) is 13.2. The van der Waals surface area contributed by atoms with E-state index < -0.39 is 195 Å². The summed E-state index contributed by atoms with van der Waals surface area (Å²) in [5.41, 5.74) is -4.10. The van der Waals surface area contributed by atoms with Gasteiger partial charge in [-0.05, 0) is 26.3 Å². The Morgan fingerprint density at radius 1 is 0.589 bits per heavy atom. The molecule has 5 amide bonds. The molecule has 0 radical (unpaired) electrons. The zero-order valence-electron chi connectivity index (χ0n) is 39.7. The number of carbonyl (C=O) groups excluding carboxylic acids is 6. The molecule has 5 rings (SSSR count). The number of nitrogens with one attached hydrogen (secondary N) is 5. The van der Waals surface area contributed by atoms with Gasteiger partial charge in [0.1, 0.15) is 84.9 Å². The quantitative estimate of drug-likeness (QED) is 0.0540. The lowest BCUT2D eigenvalue weighted by Crippen LogP contribution is -2.78. The Bertz CT molecular complexity index is 2070. The molecule has 18 N–H and O–H groups in total. The number of ether oxygens (including phenoxy) is 6. The van der Waals surface area contributed by atoms with Crippen molar-refractivity contribution >= 4 is 35.7 Å². The zero-order valence-corrected chi connectivity index (χ0v) is 39.7. The molecule has 0 saturated carbocycles. The fraction of sp³-hybridized carbons (Fsp3) is 0.721. The van der Waals surface area contributed by atoms with Gasteiger partial charge in [-0.2, -0.15) is 0 Å². The lowest BCUT2D eigenvalue weighted by molar-refractivity contribution is -0.278. The van der Waals surface area contributed by atoms with Crippen LogP contribution in [0.15, 0.2) is 30.3 Å². The number of aliphatic hydroxyl groups is 13. The molecule has 0 spiro atoms. The highest BCUT2D eigenvalue weighted by atomic mass is 16.6. The van der Waals surface area contributed by atoms with Gasteiger partial charge in [0.25, 0.3) is 23.6 Å². The van der Waals surface area contributed by atoms with Gasteiger partial charge in [0, 0.05) is 6.42 Å². The number of amides is 5. The number of aliphatic hydroxyl groups excluding tert-OH is 12. The van der Waals surface area contributed by atoms with Crippen LogP contribution in [0.1, 0.15) is 26.3 Å². The molecule has 30 nitrogen and oxygen atoms in total. The van der Waals surface area contributed by atoms with Crippen molar-refractivity contribution in [2.45, 2.75) is 160 Å². The Hall–Kier alpha value is -4.84. The minimum Gasteiger partial charge on any atom is -0.467 e. The van der Waals surface area contributed by atoms with E-state index in [9.17, 15) is 95.2 Å². The van der Waals surface area contributed by atoms with Crippen molar-refractivity contribution in [3.05, 3.63) is 35.9 Å². The van der Waals surface area contributed by atoms with Crippen LogP contribution in [0.4, 0.5) is 4.79 Å². The Kier molecular flexibility index (Phi) is 20.0. The van der Waals surface area contributed by atoms with Crippen molar-refractivity contribution in [1.29, 1.82) is 0 Å². The van der Waals surface area contributed by atoms with Crippen molar-refractivity contribution in [3.63, 3.8) is 0 Å². The first kappa shape index (κ1) is 59.0. The number of rotatable bonds is 16. The molecule has 4 aliphatic rings. The predicted molar refractivity (Wildman–Crippen MR) is 235 cm³/mol. The number of benzene rings is 1. The van der Waals surface area contributed by atoms with Crippen molar-refractivity contribution < 1.29 is 124 Å². The molecule has 73 heavy (non-hydrogen) atoms. The molecule has 0 bridgehead atoms. The Morgan fingerprint density at radius 2 is 1.00 bits per heavy atom.